The second-order valence-corrected chi connectivity index (χ2v) is 7.27. The third-order valence-electron chi connectivity index (χ3n) is 4.49. The average molecular weight is 370 g/mol. The highest BCUT2D eigenvalue weighted by molar-refractivity contribution is 7.17. The summed E-state index contributed by atoms with van der Waals surface area (Å²) in [4.78, 5) is 19.7. The Morgan fingerprint density at radius 3 is 2.62 bits per heavy atom. The van der Waals surface area contributed by atoms with E-state index in [0.717, 1.165) is 24.0 Å². The zero-order valence-corrected chi connectivity index (χ0v) is 14.9. The number of anilines is 1. The molecule has 132 valence electrons. The van der Waals surface area contributed by atoms with Crippen molar-refractivity contribution >= 4 is 22.9 Å². The van der Waals surface area contributed by atoms with E-state index in [2.05, 4.69) is 4.98 Å². The van der Waals surface area contributed by atoms with Gasteiger partial charge in [-0.1, -0.05) is 6.07 Å². The fourth-order valence-corrected chi connectivity index (χ4v) is 4.21. The third kappa shape index (κ3) is 3.01. The number of amides is 1. The molecule has 26 heavy (non-hydrogen) atoms. The van der Waals surface area contributed by atoms with Crippen molar-refractivity contribution in [2.24, 2.45) is 0 Å². The molecule has 1 amide bonds. The van der Waals surface area contributed by atoms with Crippen LogP contribution < -0.4 is 4.90 Å². The molecule has 0 aliphatic carbocycles. The zero-order chi connectivity index (χ0) is 18.3. The molecule has 0 saturated carbocycles. The van der Waals surface area contributed by atoms with Crippen LogP contribution >= 0.6 is 11.3 Å². The first kappa shape index (κ1) is 16.8. The van der Waals surface area contributed by atoms with E-state index in [1.807, 2.05) is 0 Å². The van der Waals surface area contributed by atoms with Gasteiger partial charge in [0.2, 0.25) is 0 Å². The molecule has 2 heterocycles. The van der Waals surface area contributed by atoms with Crippen molar-refractivity contribution in [2.75, 3.05) is 11.4 Å². The lowest BCUT2D eigenvalue weighted by atomic mass is 10.0. The Balaban J connectivity index is 1.70. The molecular weight excluding hydrogens is 354 g/mol. The summed E-state index contributed by atoms with van der Waals surface area (Å²) >= 11 is 1.28. The highest BCUT2D eigenvalue weighted by Gasteiger charge is 2.27. The Morgan fingerprint density at radius 2 is 1.85 bits per heavy atom. The van der Waals surface area contributed by atoms with Gasteiger partial charge in [0.15, 0.2) is 0 Å². The predicted molar refractivity (Wildman–Crippen MR) is 98.6 cm³/mol. The smallest absolute Gasteiger partial charge is 0.270 e. The highest BCUT2D eigenvalue weighted by Crippen LogP contribution is 2.33. The second kappa shape index (κ2) is 6.61. The van der Waals surface area contributed by atoms with Gasteiger partial charge < -0.3 is 4.90 Å². The molecule has 0 atom stereocenters. The third-order valence-corrected chi connectivity index (χ3v) is 5.69. The highest BCUT2D eigenvalue weighted by atomic mass is 32.1. The van der Waals surface area contributed by atoms with Gasteiger partial charge in [0, 0.05) is 12.1 Å². The monoisotopic (exact) mass is 370 g/mol. The van der Waals surface area contributed by atoms with Crippen LogP contribution in [0.3, 0.4) is 0 Å². The van der Waals surface area contributed by atoms with Crippen molar-refractivity contribution in [3.8, 4) is 10.6 Å². The summed E-state index contributed by atoms with van der Waals surface area (Å²) < 4.78 is 26.8. The first-order valence-electron chi connectivity index (χ1n) is 8.36. The van der Waals surface area contributed by atoms with Gasteiger partial charge in [-0.05, 0) is 61.7 Å². The average Bonchev–Trinajstić information content (AvgIpc) is 3.03. The first-order valence-corrected chi connectivity index (χ1v) is 9.18. The number of carbonyl (C=O) groups excluding carboxylic acids is 1. The molecule has 1 aromatic heterocycles. The molecule has 6 heteroatoms. The Hall–Kier alpha value is -2.60. The first-order chi connectivity index (χ1) is 12.5. The van der Waals surface area contributed by atoms with E-state index in [0.29, 0.717) is 27.8 Å². The van der Waals surface area contributed by atoms with Crippen LogP contribution in [0.2, 0.25) is 0 Å². The van der Waals surface area contributed by atoms with E-state index in [1.54, 1.807) is 30.0 Å². The number of carbonyl (C=O) groups is 1. The van der Waals surface area contributed by atoms with Gasteiger partial charge in [-0.25, -0.2) is 13.8 Å². The van der Waals surface area contributed by atoms with Crippen LogP contribution in [0.4, 0.5) is 14.5 Å². The number of aryl methyl sites for hydroxylation is 2. The lowest BCUT2D eigenvalue weighted by Gasteiger charge is -2.29. The molecule has 3 nitrogen and oxygen atoms in total. The fourth-order valence-electron chi connectivity index (χ4n) is 3.19. The van der Waals surface area contributed by atoms with Gasteiger partial charge in [0.25, 0.3) is 5.91 Å². The lowest BCUT2D eigenvalue weighted by molar-refractivity contribution is 0.0988. The Bertz CT molecular complexity index is 982. The van der Waals surface area contributed by atoms with E-state index >= 15 is 0 Å². The largest absolute Gasteiger partial charge is 0.307 e. The van der Waals surface area contributed by atoms with Crippen molar-refractivity contribution in [3.63, 3.8) is 0 Å². The molecule has 1 aliphatic rings. The van der Waals surface area contributed by atoms with E-state index < -0.39 is 0 Å². The molecule has 4 rings (SSSR count). The van der Waals surface area contributed by atoms with Crippen LogP contribution in [0.5, 0.6) is 0 Å². The second-order valence-electron chi connectivity index (χ2n) is 6.27. The normalized spacial score (nSPS) is 13.6. The Kier molecular flexibility index (Phi) is 4.28. The van der Waals surface area contributed by atoms with Crippen LogP contribution in [0.25, 0.3) is 10.6 Å². The molecule has 0 bridgehead atoms. The Morgan fingerprint density at radius 1 is 1.12 bits per heavy atom. The number of aromatic nitrogens is 1. The quantitative estimate of drug-likeness (QED) is 0.637. The standard InChI is InChI=1S/C20H16F2N2OS/c1-12-18(26-19(23-12)14-5-7-15(21)8-6-14)20(25)24-10-2-3-13-4-9-16(22)11-17(13)24/h4-9,11H,2-3,10H2,1H3. The van der Waals surface area contributed by atoms with Crippen LogP contribution in [-0.4, -0.2) is 17.4 Å². The summed E-state index contributed by atoms with van der Waals surface area (Å²) in [6.07, 6.45) is 1.68. The van der Waals surface area contributed by atoms with Crippen molar-refractivity contribution in [2.45, 2.75) is 19.8 Å². The van der Waals surface area contributed by atoms with E-state index in [-0.39, 0.29) is 17.5 Å². The topological polar surface area (TPSA) is 33.2 Å². The van der Waals surface area contributed by atoms with Gasteiger partial charge in [-0.2, -0.15) is 0 Å². The number of benzene rings is 2. The van der Waals surface area contributed by atoms with Crippen molar-refractivity contribution in [1.29, 1.82) is 0 Å². The molecule has 0 fully saturated rings. The van der Waals surface area contributed by atoms with Crippen LogP contribution in [0.15, 0.2) is 42.5 Å². The number of thiazole rings is 1. The maximum absolute atomic E-state index is 13.7. The summed E-state index contributed by atoms with van der Waals surface area (Å²) in [5.74, 6) is -0.832. The van der Waals surface area contributed by atoms with Gasteiger partial charge >= 0.3 is 0 Å². The number of fused-ring (bicyclic) bond motifs is 1. The molecule has 1 aliphatic heterocycles. The maximum Gasteiger partial charge on any atom is 0.270 e. The van der Waals surface area contributed by atoms with Gasteiger partial charge in [0.05, 0.1) is 11.4 Å². The van der Waals surface area contributed by atoms with Crippen LogP contribution in [-0.2, 0) is 6.42 Å². The minimum Gasteiger partial charge on any atom is -0.307 e. The van der Waals surface area contributed by atoms with E-state index in [4.69, 9.17) is 0 Å². The molecule has 0 saturated heterocycles. The van der Waals surface area contributed by atoms with E-state index in [1.165, 1.54) is 35.6 Å². The molecule has 2 aromatic carbocycles. The van der Waals surface area contributed by atoms with E-state index in [9.17, 15) is 13.6 Å². The number of hydrogen-bond donors (Lipinski definition) is 0. The summed E-state index contributed by atoms with van der Waals surface area (Å²) in [5, 5.41) is 0.669. The fraction of sp³-hybridized carbons (Fsp3) is 0.200. The van der Waals surface area contributed by atoms with Gasteiger partial charge in [-0.15, -0.1) is 11.3 Å². The molecule has 3 aromatic rings. The number of rotatable bonds is 2. The van der Waals surface area contributed by atoms with Crippen molar-refractivity contribution in [1.82, 2.24) is 4.98 Å². The van der Waals surface area contributed by atoms with Gasteiger partial charge in [0.1, 0.15) is 21.5 Å². The minimum atomic E-state index is -0.350. The molecule has 0 N–H and O–H groups in total. The minimum absolute atomic E-state index is 0.167. The zero-order valence-electron chi connectivity index (χ0n) is 14.1. The molecule has 0 spiro atoms. The van der Waals surface area contributed by atoms with Crippen LogP contribution in [0.1, 0.15) is 27.3 Å². The summed E-state index contributed by atoms with van der Waals surface area (Å²) in [6.45, 7) is 2.34. The molecular formula is C20H16F2N2OS. The van der Waals surface area contributed by atoms with Crippen molar-refractivity contribution in [3.05, 3.63) is 70.2 Å². The van der Waals surface area contributed by atoms with Gasteiger partial charge in [-0.3, -0.25) is 4.79 Å². The SMILES string of the molecule is Cc1nc(-c2ccc(F)cc2)sc1C(=O)N1CCCc2ccc(F)cc21. The Labute approximate surface area is 153 Å². The predicted octanol–water partition coefficient (Wildman–Crippen LogP) is 4.99. The number of halogens is 2. The molecule has 0 unspecified atom stereocenters. The number of hydrogen-bond acceptors (Lipinski definition) is 3. The maximum atomic E-state index is 13.7. The van der Waals surface area contributed by atoms with Crippen LogP contribution in [0, 0.1) is 18.6 Å². The molecule has 0 radical (unpaired) electrons. The summed E-state index contributed by atoms with van der Waals surface area (Å²) in [5.41, 5.74) is 3.01. The summed E-state index contributed by atoms with van der Waals surface area (Å²) in [6, 6.07) is 10.6. The number of nitrogens with zero attached hydrogens (tertiary/aromatic N) is 2. The summed E-state index contributed by atoms with van der Waals surface area (Å²) in [7, 11) is 0. The van der Waals surface area contributed by atoms with Crippen molar-refractivity contribution < 1.29 is 13.6 Å². The lowest BCUT2D eigenvalue weighted by Crippen LogP contribution is -2.35.